The summed E-state index contributed by atoms with van der Waals surface area (Å²) in [5.74, 6) is 0. The highest BCUT2D eigenvalue weighted by molar-refractivity contribution is 6.31. The van der Waals surface area contributed by atoms with Gasteiger partial charge >= 0.3 is 0 Å². The van der Waals surface area contributed by atoms with Gasteiger partial charge in [-0.05, 0) is 18.2 Å². The first kappa shape index (κ1) is 11.8. The number of nitriles is 1. The van der Waals surface area contributed by atoms with E-state index in [0.717, 1.165) is 0 Å². The van der Waals surface area contributed by atoms with Gasteiger partial charge in [0.15, 0.2) is 0 Å². The van der Waals surface area contributed by atoms with Crippen LogP contribution in [0.2, 0.25) is 5.02 Å². The van der Waals surface area contributed by atoms with Crippen molar-refractivity contribution in [3.8, 4) is 6.07 Å². The molecule has 17 heavy (non-hydrogen) atoms. The Morgan fingerprint density at radius 1 is 1.47 bits per heavy atom. The highest BCUT2D eigenvalue weighted by Crippen LogP contribution is 2.16. The van der Waals surface area contributed by atoms with E-state index in [4.69, 9.17) is 27.7 Å². The topological polar surface area (TPSA) is 101 Å². The van der Waals surface area contributed by atoms with E-state index < -0.39 is 12.1 Å². The predicted octanol–water partition coefficient (Wildman–Crippen LogP) is 0.298. The molecule has 1 atom stereocenters. The number of rotatable bonds is 3. The van der Waals surface area contributed by atoms with Gasteiger partial charge in [0.1, 0.15) is 16.6 Å². The fourth-order valence-corrected chi connectivity index (χ4v) is 1.54. The number of aromatic nitrogens is 3. The Hall–Kier alpha value is -1.68. The summed E-state index contributed by atoms with van der Waals surface area (Å²) < 4.78 is 0. The fraction of sp³-hybridized carbons (Fsp3) is 0.300. The third-order valence-corrected chi connectivity index (χ3v) is 2.55. The molecule has 2 aromatic rings. The molecule has 1 heterocycles. The third-order valence-electron chi connectivity index (χ3n) is 2.31. The summed E-state index contributed by atoms with van der Waals surface area (Å²) in [4.78, 5) is 1.29. The molecule has 0 radical (unpaired) electrons. The van der Waals surface area contributed by atoms with E-state index >= 15 is 0 Å². The van der Waals surface area contributed by atoms with E-state index in [1.807, 2.05) is 6.07 Å². The minimum Gasteiger partial charge on any atom is -0.393 e. The molecule has 0 aliphatic carbocycles. The number of hydrogen-bond donors (Lipinski definition) is 2. The number of halogens is 1. The Morgan fingerprint density at radius 2 is 2.18 bits per heavy atom. The highest BCUT2D eigenvalue weighted by atomic mass is 35.5. The summed E-state index contributed by atoms with van der Waals surface area (Å²) in [7, 11) is 0. The number of aliphatic hydroxyl groups excluding tert-OH is 1. The standard InChI is InChI=1S/C10H10ClN5O/c11-7-1-2-8-9(3-7)15-16(14-8)5-10(13,4-12)6-17/h1-3,17H,5-6,13H2. The number of aliphatic hydroxyl groups is 1. The summed E-state index contributed by atoms with van der Waals surface area (Å²) in [5, 5.41) is 26.7. The first-order valence-corrected chi connectivity index (χ1v) is 5.25. The van der Waals surface area contributed by atoms with Crippen molar-refractivity contribution in [1.82, 2.24) is 15.0 Å². The van der Waals surface area contributed by atoms with Gasteiger partial charge in [0, 0.05) is 5.02 Å². The van der Waals surface area contributed by atoms with Gasteiger partial charge in [-0.3, -0.25) is 0 Å². The fourth-order valence-electron chi connectivity index (χ4n) is 1.38. The molecule has 6 nitrogen and oxygen atoms in total. The maximum absolute atomic E-state index is 9.03. The minimum absolute atomic E-state index is 0.0201. The zero-order valence-electron chi connectivity index (χ0n) is 8.84. The molecule has 1 aromatic heterocycles. The van der Waals surface area contributed by atoms with Gasteiger partial charge in [0.2, 0.25) is 0 Å². The molecule has 0 saturated heterocycles. The first-order valence-electron chi connectivity index (χ1n) is 4.88. The monoisotopic (exact) mass is 251 g/mol. The van der Waals surface area contributed by atoms with Crippen molar-refractivity contribution >= 4 is 22.6 Å². The molecular formula is C10H10ClN5O. The van der Waals surface area contributed by atoms with Crippen LogP contribution in [0.5, 0.6) is 0 Å². The SMILES string of the molecule is N#CC(N)(CO)Cn1nc2ccc(Cl)cc2n1. The Balaban J connectivity index is 2.35. The Bertz CT molecular complexity index is 590. The van der Waals surface area contributed by atoms with Crippen LogP contribution in [0.1, 0.15) is 0 Å². The van der Waals surface area contributed by atoms with Crippen molar-refractivity contribution in [1.29, 1.82) is 5.26 Å². The molecule has 0 aliphatic rings. The number of nitrogens with zero attached hydrogens (tertiary/aromatic N) is 4. The van der Waals surface area contributed by atoms with Gasteiger partial charge in [-0.15, -0.1) is 0 Å². The summed E-state index contributed by atoms with van der Waals surface area (Å²) in [5.41, 5.74) is 5.55. The van der Waals surface area contributed by atoms with Gasteiger partial charge in [-0.25, -0.2) is 0 Å². The lowest BCUT2D eigenvalue weighted by atomic mass is 10.1. The highest BCUT2D eigenvalue weighted by Gasteiger charge is 2.25. The second-order valence-corrected chi connectivity index (χ2v) is 4.23. The average molecular weight is 252 g/mol. The largest absolute Gasteiger partial charge is 0.393 e. The van der Waals surface area contributed by atoms with Gasteiger partial charge in [-0.1, -0.05) is 11.6 Å². The molecule has 0 saturated carbocycles. The summed E-state index contributed by atoms with van der Waals surface area (Å²) in [6, 6.07) is 6.93. The van der Waals surface area contributed by atoms with E-state index in [9.17, 15) is 0 Å². The quantitative estimate of drug-likeness (QED) is 0.817. The number of hydrogen-bond acceptors (Lipinski definition) is 5. The van der Waals surface area contributed by atoms with Crippen LogP contribution in [0, 0.1) is 11.3 Å². The molecule has 1 unspecified atom stereocenters. The zero-order chi connectivity index (χ0) is 12.5. The lowest BCUT2D eigenvalue weighted by Crippen LogP contribution is -2.46. The maximum atomic E-state index is 9.03. The molecule has 0 amide bonds. The van der Waals surface area contributed by atoms with E-state index in [-0.39, 0.29) is 6.54 Å². The lowest BCUT2D eigenvalue weighted by molar-refractivity contribution is 0.207. The second kappa shape index (κ2) is 4.30. The van der Waals surface area contributed by atoms with E-state index in [2.05, 4.69) is 10.2 Å². The van der Waals surface area contributed by atoms with Crippen LogP contribution in [-0.2, 0) is 6.54 Å². The van der Waals surface area contributed by atoms with Crippen molar-refractivity contribution in [3.63, 3.8) is 0 Å². The van der Waals surface area contributed by atoms with E-state index in [1.165, 1.54) is 4.80 Å². The summed E-state index contributed by atoms with van der Waals surface area (Å²) in [6.45, 7) is -0.436. The molecule has 2 rings (SSSR count). The third kappa shape index (κ3) is 2.36. The van der Waals surface area contributed by atoms with Crippen LogP contribution >= 0.6 is 11.6 Å². The van der Waals surface area contributed by atoms with Gasteiger partial charge in [-0.2, -0.15) is 20.3 Å². The van der Waals surface area contributed by atoms with Crippen molar-refractivity contribution in [2.75, 3.05) is 6.61 Å². The van der Waals surface area contributed by atoms with Crippen LogP contribution in [0.25, 0.3) is 11.0 Å². The predicted molar refractivity (Wildman–Crippen MR) is 62.2 cm³/mol. The van der Waals surface area contributed by atoms with E-state index in [0.29, 0.717) is 16.1 Å². The first-order chi connectivity index (χ1) is 8.06. The second-order valence-electron chi connectivity index (χ2n) is 3.79. The van der Waals surface area contributed by atoms with Crippen LogP contribution in [0.3, 0.4) is 0 Å². The maximum Gasteiger partial charge on any atom is 0.149 e. The normalized spacial score (nSPS) is 14.5. The summed E-state index contributed by atoms with van der Waals surface area (Å²) >= 11 is 5.82. The van der Waals surface area contributed by atoms with E-state index in [1.54, 1.807) is 18.2 Å². The minimum atomic E-state index is -1.38. The lowest BCUT2D eigenvalue weighted by Gasteiger charge is -2.16. The smallest absolute Gasteiger partial charge is 0.149 e. The van der Waals surface area contributed by atoms with Crippen molar-refractivity contribution < 1.29 is 5.11 Å². The van der Waals surface area contributed by atoms with Gasteiger partial charge in [0.25, 0.3) is 0 Å². The Labute approximate surface area is 102 Å². The molecule has 0 spiro atoms. The zero-order valence-corrected chi connectivity index (χ0v) is 9.59. The Morgan fingerprint density at radius 3 is 2.82 bits per heavy atom. The molecule has 1 aromatic carbocycles. The number of benzene rings is 1. The number of fused-ring (bicyclic) bond motifs is 1. The molecule has 88 valence electrons. The van der Waals surface area contributed by atoms with Crippen LogP contribution < -0.4 is 5.73 Å². The van der Waals surface area contributed by atoms with Crippen molar-refractivity contribution in [3.05, 3.63) is 23.2 Å². The summed E-state index contributed by atoms with van der Waals surface area (Å²) in [6.07, 6.45) is 0. The van der Waals surface area contributed by atoms with Gasteiger partial charge < -0.3 is 10.8 Å². The molecule has 3 N–H and O–H groups in total. The Kier molecular flexibility index (Phi) is 2.98. The van der Waals surface area contributed by atoms with Crippen molar-refractivity contribution in [2.45, 2.75) is 12.1 Å². The average Bonchev–Trinajstić information content (AvgIpc) is 2.70. The van der Waals surface area contributed by atoms with Crippen LogP contribution in [0.4, 0.5) is 0 Å². The molecule has 7 heteroatoms. The van der Waals surface area contributed by atoms with Crippen LogP contribution in [-0.4, -0.2) is 32.2 Å². The molecule has 0 fully saturated rings. The van der Waals surface area contributed by atoms with Crippen LogP contribution in [0.15, 0.2) is 18.2 Å². The van der Waals surface area contributed by atoms with Crippen molar-refractivity contribution in [2.24, 2.45) is 5.73 Å². The number of nitrogens with two attached hydrogens (primary N) is 1. The molecular weight excluding hydrogens is 242 g/mol. The van der Waals surface area contributed by atoms with Gasteiger partial charge in [0.05, 0.1) is 19.2 Å². The molecule has 0 bridgehead atoms. The molecule has 0 aliphatic heterocycles.